The Kier molecular flexibility index (Phi) is 5.79. The molecule has 1 fully saturated rings. The Bertz CT molecular complexity index is 200. The highest BCUT2D eigenvalue weighted by Crippen LogP contribution is 2.33. The van der Waals surface area contributed by atoms with Crippen molar-refractivity contribution in [3.63, 3.8) is 0 Å². The molecule has 0 saturated heterocycles. The summed E-state index contributed by atoms with van der Waals surface area (Å²) in [5, 5.41) is 0.424. The van der Waals surface area contributed by atoms with Gasteiger partial charge in [0.25, 0.3) is 0 Å². The third-order valence-corrected chi connectivity index (χ3v) is 3.49. The van der Waals surface area contributed by atoms with Crippen LogP contribution in [0.25, 0.3) is 0 Å². The van der Waals surface area contributed by atoms with Crippen LogP contribution in [0.4, 0.5) is 0 Å². The lowest BCUT2D eigenvalue weighted by atomic mass is 10.0. The van der Waals surface area contributed by atoms with Crippen LogP contribution in [-0.2, 0) is 14.3 Å². The Labute approximate surface area is 99.6 Å². The Morgan fingerprint density at radius 2 is 2.07 bits per heavy atom. The molecule has 0 N–H and O–H groups in total. The summed E-state index contributed by atoms with van der Waals surface area (Å²) in [4.78, 5) is 11.1. The number of hydrogen-bond donors (Lipinski definition) is 0. The monoisotopic (exact) mass is 278 g/mol. The molecule has 1 aliphatic rings. The number of ether oxygens (including phenoxy) is 2. The molecule has 0 aromatic rings. The van der Waals surface area contributed by atoms with Crippen molar-refractivity contribution < 1.29 is 14.3 Å². The molecule has 0 atom stereocenters. The van der Waals surface area contributed by atoms with Crippen molar-refractivity contribution in [3.8, 4) is 0 Å². The van der Waals surface area contributed by atoms with Crippen molar-refractivity contribution in [1.82, 2.24) is 0 Å². The van der Waals surface area contributed by atoms with Crippen molar-refractivity contribution in [2.75, 3.05) is 25.7 Å². The maximum absolute atomic E-state index is 11.1. The Hall–Kier alpha value is 0.0700. The molecule has 0 unspecified atom stereocenters. The molecule has 4 heteroatoms. The van der Waals surface area contributed by atoms with Crippen LogP contribution in [0, 0.1) is 0 Å². The van der Waals surface area contributed by atoms with Gasteiger partial charge in [-0.1, -0.05) is 28.8 Å². The largest absolute Gasteiger partial charge is 0.382 e. The van der Waals surface area contributed by atoms with Gasteiger partial charge in [-0.3, -0.25) is 4.79 Å². The minimum absolute atomic E-state index is 0.110. The van der Waals surface area contributed by atoms with E-state index in [0.717, 1.165) is 12.8 Å². The number of carbonyl (C=O) groups excluding carboxylic acids is 1. The maximum Gasteiger partial charge on any atom is 0.145 e. The van der Waals surface area contributed by atoms with Gasteiger partial charge in [0.1, 0.15) is 5.78 Å². The summed E-state index contributed by atoms with van der Waals surface area (Å²) in [6, 6.07) is 0. The van der Waals surface area contributed by atoms with Crippen LogP contribution in [-0.4, -0.2) is 37.0 Å². The van der Waals surface area contributed by atoms with Crippen molar-refractivity contribution in [3.05, 3.63) is 0 Å². The van der Waals surface area contributed by atoms with E-state index in [4.69, 9.17) is 9.47 Å². The first-order valence-electron chi connectivity index (χ1n) is 5.43. The number of alkyl halides is 1. The van der Waals surface area contributed by atoms with Crippen molar-refractivity contribution in [2.24, 2.45) is 0 Å². The lowest BCUT2D eigenvalue weighted by Gasteiger charge is -2.28. The summed E-state index contributed by atoms with van der Waals surface area (Å²) in [5.41, 5.74) is -0.110. The minimum Gasteiger partial charge on any atom is -0.382 e. The highest BCUT2D eigenvalue weighted by Gasteiger charge is 2.34. The van der Waals surface area contributed by atoms with Gasteiger partial charge in [0.05, 0.1) is 24.1 Å². The molecule has 0 radical (unpaired) electrons. The summed E-state index contributed by atoms with van der Waals surface area (Å²) in [6.45, 7) is 1.17. The Morgan fingerprint density at radius 3 is 2.60 bits per heavy atom. The molecule has 0 heterocycles. The lowest BCUT2D eigenvalue weighted by molar-refractivity contribution is -0.121. The summed E-state index contributed by atoms with van der Waals surface area (Å²) in [5.74, 6) is 0.195. The highest BCUT2D eigenvalue weighted by molar-refractivity contribution is 9.09. The Balaban J connectivity index is 2.29. The van der Waals surface area contributed by atoms with Gasteiger partial charge in [-0.15, -0.1) is 0 Å². The summed E-state index contributed by atoms with van der Waals surface area (Å²) >= 11 is 3.14. The predicted molar refractivity (Wildman–Crippen MR) is 62.4 cm³/mol. The zero-order chi connectivity index (χ0) is 11.1. The minimum atomic E-state index is -0.110. The van der Waals surface area contributed by atoms with Crippen molar-refractivity contribution in [2.45, 2.75) is 37.7 Å². The number of Topliss-reactive ketones (excluding diaryl/α,β-unsaturated/α-hetero) is 1. The number of methoxy groups -OCH3 is 1. The zero-order valence-corrected chi connectivity index (χ0v) is 10.8. The molecule has 88 valence electrons. The third kappa shape index (κ3) is 4.21. The van der Waals surface area contributed by atoms with E-state index >= 15 is 0 Å². The molecular weight excluding hydrogens is 260 g/mol. The fraction of sp³-hybridized carbons (Fsp3) is 0.909. The van der Waals surface area contributed by atoms with Crippen LogP contribution in [0.1, 0.15) is 32.1 Å². The molecule has 0 bridgehead atoms. The van der Waals surface area contributed by atoms with E-state index in [1.807, 2.05) is 0 Å². The predicted octanol–water partition coefficient (Wildman–Crippen LogP) is 2.32. The molecule has 3 nitrogen and oxygen atoms in total. The normalized spacial score (nSPS) is 19.3. The summed E-state index contributed by atoms with van der Waals surface area (Å²) in [6.07, 6.45) is 5.02. The van der Waals surface area contributed by atoms with Crippen LogP contribution >= 0.6 is 15.9 Å². The van der Waals surface area contributed by atoms with Gasteiger partial charge in [-0.25, -0.2) is 0 Å². The smallest absolute Gasteiger partial charge is 0.145 e. The topological polar surface area (TPSA) is 35.5 Å². The molecule has 1 saturated carbocycles. The lowest BCUT2D eigenvalue weighted by Crippen LogP contribution is -2.35. The van der Waals surface area contributed by atoms with Gasteiger partial charge >= 0.3 is 0 Å². The second-order valence-electron chi connectivity index (χ2n) is 4.09. The van der Waals surface area contributed by atoms with Crippen molar-refractivity contribution >= 4 is 21.7 Å². The highest BCUT2D eigenvalue weighted by atomic mass is 79.9. The average Bonchev–Trinajstić information content (AvgIpc) is 2.67. The standard InChI is InChI=1S/C11H19BrO3/c1-14-9-11(5-2-3-6-11)15-7-4-10(13)8-12/h2-9H2,1H3. The fourth-order valence-electron chi connectivity index (χ4n) is 2.06. The van der Waals surface area contributed by atoms with Crippen LogP contribution in [0.3, 0.4) is 0 Å². The van der Waals surface area contributed by atoms with Crippen LogP contribution in [0.15, 0.2) is 0 Å². The van der Waals surface area contributed by atoms with E-state index in [1.165, 1.54) is 12.8 Å². The maximum atomic E-state index is 11.1. The molecule has 0 spiro atoms. The van der Waals surface area contributed by atoms with Crippen LogP contribution in [0.5, 0.6) is 0 Å². The van der Waals surface area contributed by atoms with E-state index in [-0.39, 0.29) is 11.4 Å². The number of carbonyl (C=O) groups is 1. The van der Waals surface area contributed by atoms with Crippen molar-refractivity contribution in [1.29, 1.82) is 0 Å². The second kappa shape index (κ2) is 6.61. The van der Waals surface area contributed by atoms with Gasteiger partial charge in [0.15, 0.2) is 0 Å². The quantitative estimate of drug-likeness (QED) is 0.671. The van der Waals surface area contributed by atoms with Crippen LogP contribution in [0.2, 0.25) is 0 Å². The summed E-state index contributed by atoms with van der Waals surface area (Å²) in [7, 11) is 1.70. The van der Waals surface area contributed by atoms with E-state index < -0.39 is 0 Å². The molecule has 0 aromatic heterocycles. The van der Waals surface area contributed by atoms with Crippen LogP contribution < -0.4 is 0 Å². The van der Waals surface area contributed by atoms with E-state index in [0.29, 0.717) is 25.0 Å². The molecule has 15 heavy (non-hydrogen) atoms. The summed E-state index contributed by atoms with van der Waals surface area (Å²) < 4.78 is 11.0. The van der Waals surface area contributed by atoms with Gasteiger partial charge in [0.2, 0.25) is 0 Å². The zero-order valence-electron chi connectivity index (χ0n) is 9.26. The second-order valence-corrected chi connectivity index (χ2v) is 4.65. The van der Waals surface area contributed by atoms with Gasteiger partial charge in [0, 0.05) is 13.5 Å². The SMILES string of the molecule is COCC1(OCCC(=O)CBr)CCCC1. The first-order chi connectivity index (χ1) is 7.22. The van der Waals surface area contributed by atoms with E-state index in [9.17, 15) is 4.79 Å². The number of hydrogen-bond acceptors (Lipinski definition) is 3. The molecular formula is C11H19BrO3. The van der Waals surface area contributed by atoms with Gasteiger partial charge in [-0.05, 0) is 12.8 Å². The molecule has 1 rings (SSSR count). The van der Waals surface area contributed by atoms with E-state index in [1.54, 1.807) is 7.11 Å². The fourth-order valence-corrected chi connectivity index (χ4v) is 2.34. The number of ketones is 1. The molecule has 1 aliphatic carbocycles. The third-order valence-electron chi connectivity index (χ3n) is 2.86. The Morgan fingerprint density at radius 1 is 1.40 bits per heavy atom. The molecule has 0 aromatic carbocycles. The number of rotatable bonds is 7. The number of halogens is 1. The average molecular weight is 279 g/mol. The van der Waals surface area contributed by atoms with E-state index in [2.05, 4.69) is 15.9 Å². The van der Waals surface area contributed by atoms with Gasteiger partial charge < -0.3 is 9.47 Å². The first kappa shape index (κ1) is 13.1. The van der Waals surface area contributed by atoms with Gasteiger partial charge in [-0.2, -0.15) is 0 Å². The first-order valence-corrected chi connectivity index (χ1v) is 6.55. The molecule has 0 amide bonds. The molecule has 0 aliphatic heterocycles.